The molecule has 1 N–H and O–H groups in total. The Morgan fingerprint density at radius 3 is 2.64 bits per heavy atom. The molecule has 0 bridgehead atoms. The molecule has 3 heteroatoms. The molecule has 1 amide bonds. The maximum atomic E-state index is 11.8. The van der Waals surface area contributed by atoms with Gasteiger partial charge in [0, 0.05) is 30.7 Å². The van der Waals surface area contributed by atoms with Gasteiger partial charge in [0.2, 0.25) is 5.91 Å². The SMILES string of the molecule is C/C=C(/C)C(=O)N1CCNC(C)(C)C1. The number of nitrogens with one attached hydrogen (secondary N) is 1. The first-order chi connectivity index (χ1) is 6.46. The van der Waals surface area contributed by atoms with E-state index in [1.807, 2.05) is 24.8 Å². The van der Waals surface area contributed by atoms with Gasteiger partial charge in [0.05, 0.1) is 0 Å². The van der Waals surface area contributed by atoms with Crippen LogP contribution in [0.5, 0.6) is 0 Å². The Kier molecular flexibility index (Phi) is 3.32. The first-order valence-corrected chi connectivity index (χ1v) is 5.13. The lowest BCUT2D eigenvalue weighted by atomic mass is 10.0. The molecule has 1 saturated heterocycles. The molecule has 0 unspecified atom stereocenters. The molecule has 0 aromatic heterocycles. The maximum absolute atomic E-state index is 11.8. The third kappa shape index (κ3) is 2.58. The van der Waals surface area contributed by atoms with Gasteiger partial charge in [0.15, 0.2) is 0 Å². The Labute approximate surface area is 86.2 Å². The number of carbonyl (C=O) groups excluding carboxylic acids is 1. The van der Waals surface area contributed by atoms with Crippen LogP contribution in [-0.4, -0.2) is 36.0 Å². The molecule has 1 rings (SSSR count). The topological polar surface area (TPSA) is 32.3 Å². The van der Waals surface area contributed by atoms with E-state index in [1.165, 1.54) is 0 Å². The van der Waals surface area contributed by atoms with Gasteiger partial charge in [0.1, 0.15) is 0 Å². The second kappa shape index (κ2) is 4.13. The lowest BCUT2D eigenvalue weighted by molar-refractivity contribution is -0.129. The van der Waals surface area contributed by atoms with Crippen molar-refractivity contribution in [1.82, 2.24) is 10.2 Å². The highest BCUT2D eigenvalue weighted by atomic mass is 16.2. The van der Waals surface area contributed by atoms with Crippen molar-refractivity contribution in [2.45, 2.75) is 33.2 Å². The van der Waals surface area contributed by atoms with Gasteiger partial charge in [-0.05, 0) is 27.7 Å². The van der Waals surface area contributed by atoms with Crippen molar-refractivity contribution in [2.24, 2.45) is 0 Å². The first kappa shape index (κ1) is 11.2. The minimum Gasteiger partial charge on any atom is -0.336 e. The molecule has 1 heterocycles. The lowest BCUT2D eigenvalue weighted by Gasteiger charge is -2.39. The number of piperazine rings is 1. The van der Waals surface area contributed by atoms with Crippen LogP contribution in [0, 0.1) is 0 Å². The molecule has 0 spiro atoms. The second-order valence-electron chi connectivity index (χ2n) is 4.51. The van der Waals surface area contributed by atoms with Crippen molar-refractivity contribution >= 4 is 5.91 Å². The molecule has 1 aliphatic rings. The van der Waals surface area contributed by atoms with Crippen LogP contribution < -0.4 is 5.32 Å². The number of carbonyl (C=O) groups is 1. The zero-order chi connectivity index (χ0) is 10.8. The molecule has 3 nitrogen and oxygen atoms in total. The summed E-state index contributed by atoms with van der Waals surface area (Å²) in [7, 11) is 0. The molecule has 0 radical (unpaired) electrons. The summed E-state index contributed by atoms with van der Waals surface area (Å²) in [5, 5.41) is 3.39. The predicted molar refractivity (Wildman–Crippen MR) is 58.1 cm³/mol. The van der Waals surface area contributed by atoms with Crippen LogP contribution in [0.25, 0.3) is 0 Å². The molecule has 1 fully saturated rings. The third-order valence-electron chi connectivity index (χ3n) is 2.63. The van der Waals surface area contributed by atoms with Crippen LogP contribution in [0.2, 0.25) is 0 Å². The minimum atomic E-state index is 0.0436. The van der Waals surface area contributed by atoms with E-state index in [1.54, 1.807) is 0 Å². The van der Waals surface area contributed by atoms with Crippen LogP contribution in [0.4, 0.5) is 0 Å². The molecule has 1 aliphatic heterocycles. The number of nitrogens with zero attached hydrogens (tertiary/aromatic N) is 1. The van der Waals surface area contributed by atoms with Crippen molar-refractivity contribution in [1.29, 1.82) is 0 Å². The van der Waals surface area contributed by atoms with Crippen LogP contribution in [0.15, 0.2) is 11.6 Å². The van der Waals surface area contributed by atoms with Crippen molar-refractivity contribution in [3.63, 3.8) is 0 Å². The summed E-state index contributed by atoms with van der Waals surface area (Å²) < 4.78 is 0. The quantitative estimate of drug-likeness (QED) is 0.638. The zero-order valence-corrected chi connectivity index (χ0v) is 9.55. The zero-order valence-electron chi connectivity index (χ0n) is 9.55. The highest BCUT2D eigenvalue weighted by Crippen LogP contribution is 2.12. The molecular weight excluding hydrogens is 176 g/mol. The Morgan fingerprint density at radius 2 is 2.14 bits per heavy atom. The average Bonchev–Trinajstić information content (AvgIpc) is 2.14. The van der Waals surface area contributed by atoms with Gasteiger partial charge in [-0.2, -0.15) is 0 Å². The molecule has 14 heavy (non-hydrogen) atoms. The number of allylic oxidation sites excluding steroid dienone is 1. The van der Waals surface area contributed by atoms with Crippen molar-refractivity contribution in [3.05, 3.63) is 11.6 Å². The van der Waals surface area contributed by atoms with E-state index >= 15 is 0 Å². The highest BCUT2D eigenvalue weighted by Gasteiger charge is 2.28. The van der Waals surface area contributed by atoms with E-state index < -0.39 is 0 Å². The maximum Gasteiger partial charge on any atom is 0.249 e. The van der Waals surface area contributed by atoms with Gasteiger partial charge < -0.3 is 10.2 Å². The normalized spacial score (nSPS) is 22.3. The van der Waals surface area contributed by atoms with E-state index in [-0.39, 0.29) is 11.4 Å². The summed E-state index contributed by atoms with van der Waals surface area (Å²) in [6.45, 7) is 10.5. The van der Waals surface area contributed by atoms with Crippen LogP contribution >= 0.6 is 0 Å². The van der Waals surface area contributed by atoms with E-state index in [0.717, 1.165) is 25.2 Å². The Hall–Kier alpha value is -0.830. The minimum absolute atomic E-state index is 0.0436. The van der Waals surface area contributed by atoms with Gasteiger partial charge in [0.25, 0.3) is 0 Å². The summed E-state index contributed by atoms with van der Waals surface area (Å²) in [5.41, 5.74) is 0.879. The van der Waals surface area contributed by atoms with Gasteiger partial charge >= 0.3 is 0 Å². The third-order valence-corrected chi connectivity index (χ3v) is 2.63. The highest BCUT2D eigenvalue weighted by molar-refractivity contribution is 5.92. The largest absolute Gasteiger partial charge is 0.336 e. The van der Waals surface area contributed by atoms with Gasteiger partial charge in [-0.1, -0.05) is 6.08 Å². The van der Waals surface area contributed by atoms with E-state index in [2.05, 4.69) is 19.2 Å². The molecule has 0 atom stereocenters. The molecule has 0 aromatic carbocycles. The number of rotatable bonds is 1. The number of hydrogen-bond donors (Lipinski definition) is 1. The average molecular weight is 196 g/mol. The molecule has 0 saturated carbocycles. The van der Waals surface area contributed by atoms with Gasteiger partial charge in [-0.25, -0.2) is 0 Å². The smallest absolute Gasteiger partial charge is 0.249 e. The fourth-order valence-electron chi connectivity index (χ4n) is 1.69. The van der Waals surface area contributed by atoms with Crippen LogP contribution in [0.3, 0.4) is 0 Å². The predicted octanol–water partition coefficient (Wildman–Crippen LogP) is 1.16. The Bertz CT molecular complexity index is 256. The summed E-state index contributed by atoms with van der Waals surface area (Å²) in [4.78, 5) is 13.8. The fraction of sp³-hybridized carbons (Fsp3) is 0.727. The molecular formula is C11H20N2O. The van der Waals surface area contributed by atoms with Crippen molar-refractivity contribution < 1.29 is 4.79 Å². The molecule has 80 valence electrons. The molecule has 0 aliphatic carbocycles. The van der Waals surface area contributed by atoms with Crippen molar-refractivity contribution in [3.8, 4) is 0 Å². The first-order valence-electron chi connectivity index (χ1n) is 5.13. The van der Waals surface area contributed by atoms with E-state index in [0.29, 0.717) is 0 Å². The summed E-state index contributed by atoms with van der Waals surface area (Å²) in [6, 6.07) is 0. The summed E-state index contributed by atoms with van der Waals surface area (Å²) in [6.07, 6.45) is 1.87. The standard InChI is InChI=1S/C11H20N2O/c1-5-9(2)10(14)13-7-6-12-11(3,4)8-13/h5,12H,6-8H2,1-4H3/b9-5-. The lowest BCUT2D eigenvalue weighted by Crippen LogP contribution is -2.58. The monoisotopic (exact) mass is 196 g/mol. The van der Waals surface area contributed by atoms with Crippen LogP contribution in [0.1, 0.15) is 27.7 Å². The summed E-state index contributed by atoms with van der Waals surface area (Å²) >= 11 is 0. The van der Waals surface area contributed by atoms with Gasteiger partial charge in [-0.3, -0.25) is 4.79 Å². The van der Waals surface area contributed by atoms with E-state index in [9.17, 15) is 4.79 Å². The van der Waals surface area contributed by atoms with Crippen molar-refractivity contribution in [2.75, 3.05) is 19.6 Å². The van der Waals surface area contributed by atoms with E-state index in [4.69, 9.17) is 0 Å². The fourth-order valence-corrected chi connectivity index (χ4v) is 1.69. The number of amides is 1. The van der Waals surface area contributed by atoms with Gasteiger partial charge in [-0.15, -0.1) is 0 Å². The Balaban J connectivity index is 2.66. The number of hydrogen-bond acceptors (Lipinski definition) is 2. The molecule has 0 aromatic rings. The summed E-state index contributed by atoms with van der Waals surface area (Å²) in [5.74, 6) is 0.169. The Morgan fingerprint density at radius 1 is 1.50 bits per heavy atom. The second-order valence-corrected chi connectivity index (χ2v) is 4.51. The van der Waals surface area contributed by atoms with Crippen LogP contribution in [-0.2, 0) is 4.79 Å².